The molecule has 1 aliphatic rings. The summed E-state index contributed by atoms with van der Waals surface area (Å²) in [7, 11) is 0. The molecule has 0 aromatic carbocycles. The van der Waals surface area contributed by atoms with Gasteiger partial charge in [0.2, 0.25) is 0 Å². The Morgan fingerprint density at radius 3 is 2.85 bits per heavy atom. The lowest BCUT2D eigenvalue weighted by molar-refractivity contribution is -0.0350. The normalized spacial score (nSPS) is 18.0. The molecule has 27 heavy (non-hydrogen) atoms. The molecular weight excluding hydrogens is 340 g/mol. The van der Waals surface area contributed by atoms with Crippen LogP contribution in [0.2, 0.25) is 0 Å². The van der Waals surface area contributed by atoms with Gasteiger partial charge in [0, 0.05) is 32.0 Å². The van der Waals surface area contributed by atoms with Crippen molar-refractivity contribution in [1.29, 1.82) is 0 Å². The lowest BCUT2D eigenvalue weighted by atomic mass is 10.1. The van der Waals surface area contributed by atoms with Crippen molar-refractivity contribution in [3.63, 3.8) is 0 Å². The molecule has 6 heteroatoms. The molecule has 0 radical (unpaired) electrons. The number of nitrogens with zero attached hydrogens (tertiary/aromatic N) is 4. The molecule has 0 bridgehead atoms. The maximum absolute atomic E-state index is 6.04. The largest absolute Gasteiger partial charge is 0.369 e. The molecule has 4 rings (SSSR count). The predicted octanol–water partition coefficient (Wildman–Crippen LogP) is 3.63. The Morgan fingerprint density at radius 1 is 1.19 bits per heavy atom. The van der Waals surface area contributed by atoms with Crippen LogP contribution in [0.15, 0.2) is 41.2 Å². The minimum atomic E-state index is -0.0404. The first-order valence-electron chi connectivity index (χ1n) is 9.25. The summed E-state index contributed by atoms with van der Waals surface area (Å²) >= 11 is 0. The van der Waals surface area contributed by atoms with Gasteiger partial charge in [0.25, 0.3) is 0 Å². The van der Waals surface area contributed by atoms with Crippen LogP contribution >= 0.6 is 0 Å². The van der Waals surface area contributed by atoms with Crippen molar-refractivity contribution < 1.29 is 9.26 Å². The topological polar surface area (TPSA) is 64.3 Å². The van der Waals surface area contributed by atoms with Crippen molar-refractivity contribution in [2.75, 3.05) is 19.7 Å². The molecule has 140 valence electrons. The first kappa shape index (κ1) is 17.8. The Bertz CT molecular complexity index is 918. The van der Waals surface area contributed by atoms with Gasteiger partial charge in [-0.1, -0.05) is 11.2 Å². The van der Waals surface area contributed by atoms with Gasteiger partial charge >= 0.3 is 0 Å². The fourth-order valence-electron chi connectivity index (χ4n) is 3.56. The van der Waals surface area contributed by atoms with Crippen molar-refractivity contribution in [3.8, 4) is 11.3 Å². The predicted molar refractivity (Wildman–Crippen MR) is 102 cm³/mol. The SMILES string of the molecule is Cc1cnccc1CN1CCO[C@@H](c2cccc(-c3c(C)noc3C)n2)C1. The number of aromatic nitrogens is 3. The first-order valence-corrected chi connectivity index (χ1v) is 9.25. The molecule has 0 unspecified atom stereocenters. The summed E-state index contributed by atoms with van der Waals surface area (Å²) in [5, 5.41) is 4.04. The number of pyridine rings is 2. The molecule has 3 aromatic heterocycles. The molecule has 6 nitrogen and oxygen atoms in total. The van der Waals surface area contributed by atoms with E-state index in [1.54, 1.807) is 0 Å². The number of hydrogen-bond donors (Lipinski definition) is 0. The van der Waals surface area contributed by atoms with E-state index < -0.39 is 0 Å². The van der Waals surface area contributed by atoms with Gasteiger partial charge in [0.05, 0.1) is 29.3 Å². The van der Waals surface area contributed by atoms with Crippen LogP contribution in [0.3, 0.4) is 0 Å². The van der Waals surface area contributed by atoms with E-state index in [4.69, 9.17) is 14.2 Å². The molecule has 1 atom stereocenters. The minimum Gasteiger partial charge on any atom is -0.369 e. The number of ether oxygens (including phenoxy) is 1. The highest BCUT2D eigenvalue weighted by Gasteiger charge is 2.24. The Balaban J connectivity index is 1.53. The lowest BCUT2D eigenvalue weighted by Gasteiger charge is -2.33. The fourth-order valence-corrected chi connectivity index (χ4v) is 3.56. The van der Waals surface area contributed by atoms with E-state index >= 15 is 0 Å². The van der Waals surface area contributed by atoms with Crippen LogP contribution in [-0.4, -0.2) is 39.7 Å². The highest BCUT2D eigenvalue weighted by atomic mass is 16.5. The summed E-state index contributed by atoms with van der Waals surface area (Å²) in [6, 6.07) is 8.15. The third-order valence-electron chi connectivity index (χ3n) is 5.07. The molecule has 1 aliphatic heterocycles. The van der Waals surface area contributed by atoms with E-state index in [0.717, 1.165) is 48.0 Å². The first-order chi connectivity index (χ1) is 13.1. The number of morpholine rings is 1. The standard InChI is InChI=1S/C21H24N4O2/c1-14-11-22-8-7-17(14)12-25-9-10-26-20(13-25)18-5-4-6-19(23-18)21-15(2)24-27-16(21)3/h4-8,11,20H,9-10,12-13H2,1-3H3/t20-/m1/s1. The zero-order chi connectivity index (χ0) is 18.8. The molecule has 4 heterocycles. The number of rotatable bonds is 4. The Kier molecular flexibility index (Phi) is 5.01. The van der Waals surface area contributed by atoms with E-state index in [1.807, 2.05) is 44.4 Å². The average molecular weight is 364 g/mol. The van der Waals surface area contributed by atoms with Crippen LogP contribution in [0.25, 0.3) is 11.3 Å². The van der Waals surface area contributed by atoms with Crippen molar-refractivity contribution in [3.05, 3.63) is 64.9 Å². The minimum absolute atomic E-state index is 0.0404. The van der Waals surface area contributed by atoms with Gasteiger partial charge < -0.3 is 9.26 Å². The van der Waals surface area contributed by atoms with Gasteiger partial charge in [-0.3, -0.25) is 9.88 Å². The second-order valence-corrected chi connectivity index (χ2v) is 7.04. The summed E-state index contributed by atoms with van der Waals surface area (Å²) in [6.07, 6.45) is 3.73. The summed E-state index contributed by atoms with van der Waals surface area (Å²) in [4.78, 5) is 11.5. The van der Waals surface area contributed by atoms with Gasteiger partial charge in [0.1, 0.15) is 11.9 Å². The second kappa shape index (κ2) is 7.58. The van der Waals surface area contributed by atoms with E-state index in [2.05, 4.69) is 28.0 Å². The van der Waals surface area contributed by atoms with Crippen LogP contribution in [0.4, 0.5) is 0 Å². The summed E-state index contributed by atoms with van der Waals surface area (Å²) < 4.78 is 11.3. The summed E-state index contributed by atoms with van der Waals surface area (Å²) in [5.41, 5.74) is 6.19. The maximum Gasteiger partial charge on any atom is 0.143 e. The Hall–Kier alpha value is -2.57. The van der Waals surface area contributed by atoms with Gasteiger partial charge in [-0.2, -0.15) is 0 Å². The number of hydrogen-bond acceptors (Lipinski definition) is 6. The smallest absolute Gasteiger partial charge is 0.143 e. The summed E-state index contributed by atoms with van der Waals surface area (Å²) in [5.74, 6) is 0.788. The molecule has 3 aromatic rings. The second-order valence-electron chi connectivity index (χ2n) is 7.04. The summed E-state index contributed by atoms with van der Waals surface area (Å²) in [6.45, 7) is 9.30. The van der Waals surface area contributed by atoms with Crippen molar-refractivity contribution in [1.82, 2.24) is 20.0 Å². The van der Waals surface area contributed by atoms with Crippen LogP contribution in [0.1, 0.15) is 34.4 Å². The monoisotopic (exact) mass is 364 g/mol. The Morgan fingerprint density at radius 2 is 2.07 bits per heavy atom. The van der Waals surface area contributed by atoms with E-state index in [0.29, 0.717) is 6.61 Å². The molecular formula is C21H24N4O2. The van der Waals surface area contributed by atoms with E-state index in [-0.39, 0.29) is 6.10 Å². The van der Waals surface area contributed by atoms with Crippen molar-refractivity contribution in [2.24, 2.45) is 0 Å². The zero-order valence-electron chi connectivity index (χ0n) is 16.0. The van der Waals surface area contributed by atoms with Gasteiger partial charge in [-0.25, -0.2) is 4.98 Å². The highest BCUT2D eigenvalue weighted by Crippen LogP contribution is 2.28. The number of aryl methyl sites for hydroxylation is 3. The fraction of sp³-hybridized carbons (Fsp3) is 0.381. The Labute approximate surface area is 159 Å². The molecule has 1 saturated heterocycles. The third kappa shape index (κ3) is 3.77. The molecule has 1 fully saturated rings. The van der Waals surface area contributed by atoms with Gasteiger partial charge in [0.15, 0.2) is 0 Å². The molecule has 0 spiro atoms. The van der Waals surface area contributed by atoms with Crippen molar-refractivity contribution >= 4 is 0 Å². The molecule has 0 aliphatic carbocycles. The van der Waals surface area contributed by atoms with E-state index in [1.165, 1.54) is 11.1 Å². The highest BCUT2D eigenvalue weighted by molar-refractivity contribution is 5.63. The third-order valence-corrected chi connectivity index (χ3v) is 5.07. The van der Waals surface area contributed by atoms with Crippen LogP contribution < -0.4 is 0 Å². The molecule has 0 saturated carbocycles. The molecule has 0 N–H and O–H groups in total. The average Bonchev–Trinajstić information content (AvgIpc) is 3.02. The maximum atomic E-state index is 6.04. The van der Waals surface area contributed by atoms with Crippen LogP contribution in [-0.2, 0) is 11.3 Å². The zero-order valence-corrected chi connectivity index (χ0v) is 16.0. The van der Waals surface area contributed by atoms with Crippen molar-refractivity contribution in [2.45, 2.75) is 33.4 Å². The lowest BCUT2D eigenvalue weighted by Crippen LogP contribution is -2.38. The van der Waals surface area contributed by atoms with Gasteiger partial charge in [-0.15, -0.1) is 0 Å². The quantitative estimate of drug-likeness (QED) is 0.704. The van der Waals surface area contributed by atoms with E-state index in [9.17, 15) is 0 Å². The van der Waals surface area contributed by atoms with Crippen LogP contribution in [0.5, 0.6) is 0 Å². The van der Waals surface area contributed by atoms with Crippen LogP contribution in [0, 0.1) is 20.8 Å². The van der Waals surface area contributed by atoms with Gasteiger partial charge in [-0.05, 0) is 50.1 Å². The molecule has 0 amide bonds.